The van der Waals surface area contributed by atoms with Crippen LogP contribution < -0.4 is 16.4 Å². The Morgan fingerprint density at radius 3 is 2.43 bits per heavy atom. The third-order valence-corrected chi connectivity index (χ3v) is 3.25. The van der Waals surface area contributed by atoms with Crippen molar-refractivity contribution in [2.45, 2.75) is 6.54 Å². The van der Waals surface area contributed by atoms with Crippen LogP contribution in [0.4, 0.5) is 5.69 Å². The molecule has 2 aromatic carbocycles. The molecule has 4 N–H and O–H groups in total. The van der Waals surface area contributed by atoms with Gasteiger partial charge in [-0.25, -0.2) is 0 Å². The maximum Gasteiger partial charge on any atom is 0.272 e. The number of phenolic OH excluding ortho intramolecular Hbond substituents is 1. The fourth-order valence-electron chi connectivity index (χ4n) is 2.19. The summed E-state index contributed by atoms with van der Waals surface area (Å²) in [7, 11) is 0. The lowest BCUT2D eigenvalue weighted by Crippen LogP contribution is -2.20. The Morgan fingerprint density at radius 2 is 1.67 bits per heavy atom. The van der Waals surface area contributed by atoms with E-state index in [1.807, 2.05) is 0 Å². The van der Waals surface area contributed by atoms with Crippen molar-refractivity contribution >= 4 is 16.5 Å². The lowest BCUT2D eigenvalue weighted by molar-refractivity contribution is 0.475. The van der Waals surface area contributed by atoms with Crippen molar-refractivity contribution in [1.29, 1.82) is 0 Å². The third kappa shape index (κ3) is 2.51. The van der Waals surface area contributed by atoms with E-state index in [0.717, 1.165) is 5.56 Å². The van der Waals surface area contributed by atoms with Crippen molar-refractivity contribution in [3.05, 3.63) is 68.7 Å². The van der Waals surface area contributed by atoms with Crippen LogP contribution in [0, 0.1) is 0 Å². The molecule has 0 radical (unpaired) electrons. The average molecular weight is 283 g/mol. The van der Waals surface area contributed by atoms with Crippen LogP contribution in [0.2, 0.25) is 0 Å². The molecule has 0 fully saturated rings. The number of hydrogen-bond donors (Lipinski definition) is 4. The SMILES string of the molecule is O=c1[nH][nH]c(=O)c2c(NCc3ccc(O)cc3)cccc12. The molecule has 0 saturated carbocycles. The Kier molecular flexibility index (Phi) is 3.19. The van der Waals surface area contributed by atoms with Crippen LogP contribution >= 0.6 is 0 Å². The highest BCUT2D eigenvalue weighted by Gasteiger charge is 2.07. The molecule has 6 heteroatoms. The van der Waals surface area contributed by atoms with Gasteiger partial charge in [-0.15, -0.1) is 0 Å². The second-order valence-corrected chi connectivity index (χ2v) is 4.66. The molecule has 0 unspecified atom stereocenters. The molecule has 1 heterocycles. The zero-order valence-corrected chi connectivity index (χ0v) is 11.0. The molecule has 0 aliphatic carbocycles. The van der Waals surface area contributed by atoms with Crippen molar-refractivity contribution in [2.75, 3.05) is 5.32 Å². The standard InChI is InChI=1S/C15H13N3O3/c19-10-6-4-9(5-7-10)8-16-12-3-1-2-11-13(12)15(21)18-17-14(11)20/h1-7,16,19H,8H2,(H,17,20)(H,18,21). The van der Waals surface area contributed by atoms with Crippen molar-refractivity contribution in [3.63, 3.8) is 0 Å². The van der Waals surface area contributed by atoms with E-state index in [1.165, 1.54) is 0 Å². The number of aromatic hydroxyl groups is 1. The minimum Gasteiger partial charge on any atom is -0.508 e. The summed E-state index contributed by atoms with van der Waals surface area (Å²) in [5.41, 5.74) is 0.857. The average Bonchev–Trinajstić information content (AvgIpc) is 2.50. The Balaban J connectivity index is 1.98. The second kappa shape index (κ2) is 5.16. The molecular formula is C15H13N3O3. The predicted molar refractivity (Wildman–Crippen MR) is 80.6 cm³/mol. The van der Waals surface area contributed by atoms with Gasteiger partial charge in [0.05, 0.1) is 10.8 Å². The second-order valence-electron chi connectivity index (χ2n) is 4.66. The van der Waals surface area contributed by atoms with Crippen LogP contribution in [0.15, 0.2) is 52.1 Å². The monoisotopic (exact) mass is 283 g/mol. The summed E-state index contributed by atoms with van der Waals surface area (Å²) in [6, 6.07) is 11.8. The summed E-state index contributed by atoms with van der Waals surface area (Å²) >= 11 is 0. The van der Waals surface area contributed by atoms with E-state index in [1.54, 1.807) is 42.5 Å². The fraction of sp³-hybridized carbons (Fsp3) is 0.0667. The number of phenols is 1. The summed E-state index contributed by atoms with van der Waals surface area (Å²) < 4.78 is 0. The molecule has 1 aromatic heterocycles. The van der Waals surface area contributed by atoms with Crippen LogP contribution in [0.25, 0.3) is 10.8 Å². The quantitative estimate of drug-likeness (QED) is 0.586. The molecule has 21 heavy (non-hydrogen) atoms. The van der Waals surface area contributed by atoms with Crippen molar-refractivity contribution in [2.24, 2.45) is 0 Å². The number of aromatic amines is 2. The number of hydrogen-bond acceptors (Lipinski definition) is 4. The highest BCUT2D eigenvalue weighted by atomic mass is 16.3. The highest BCUT2D eigenvalue weighted by molar-refractivity contribution is 5.92. The first-order valence-corrected chi connectivity index (χ1v) is 6.40. The van der Waals surface area contributed by atoms with Crippen molar-refractivity contribution in [3.8, 4) is 5.75 Å². The van der Waals surface area contributed by atoms with Gasteiger partial charge in [-0.2, -0.15) is 0 Å². The minimum atomic E-state index is -0.349. The maximum absolute atomic E-state index is 11.9. The third-order valence-electron chi connectivity index (χ3n) is 3.25. The summed E-state index contributed by atoms with van der Waals surface area (Å²) in [4.78, 5) is 23.6. The molecule has 6 nitrogen and oxygen atoms in total. The zero-order valence-electron chi connectivity index (χ0n) is 11.0. The summed E-state index contributed by atoms with van der Waals surface area (Å²) in [5.74, 6) is 0.201. The van der Waals surface area contributed by atoms with Gasteiger partial charge in [-0.3, -0.25) is 19.8 Å². The molecule has 3 rings (SSSR count). The minimum absolute atomic E-state index is 0.201. The van der Waals surface area contributed by atoms with E-state index in [9.17, 15) is 14.7 Å². The van der Waals surface area contributed by atoms with Gasteiger partial charge in [0.15, 0.2) is 0 Å². The van der Waals surface area contributed by atoms with Crippen LogP contribution in [-0.4, -0.2) is 15.3 Å². The molecule has 0 amide bonds. The topological polar surface area (TPSA) is 98.0 Å². The van der Waals surface area contributed by atoms with E-state index in [0.29, 0.717) is 23.0 Å². The molecule has 0 aliphatic rings. The number of fused-ring (bicyclic) bond motifs is 1. The highest BCUT2D eigenvalue weighted by Crippen LogP contribution is 2.18. The predicted octanol–water partition coefficient (Wildman–Crippen LogP) is 1.53. The zero-order chi connectivity index (χ0) is 14.8. The Bertz CT molecular complexity index is 894. The van der Waals surface area contributed by atoms with Crippen molar-refractivity contribution in [1.82, 2.24) is 10.2 Å². The van der Waals surface area contributed by atoms with Gasteiger partial charge >= 0.3 is 0 Å². The van der Waals surface area contributed by atoms with Gasteiger partial charge < -0.3 is 10.4 Å². The maximum atomic E-state index is 11.9. The first-order chi connectivity index (χ1) is 10.1. The Morgan fingerprint density at radius 1 is 0.952 bits per heavy atom. The number of rotatable bonds is 3. The first-order valence-electron chi connectivity index (χ1n) is 6.40. The van der Waals surface area contributed by atoms with Crippen molar-refractivity contribution < 1.29 is 5.11 Å². The van der Waals surface area contributed by atoms with Gasteiger partial charge in [0.2, 0.25) is 0 Å². The number of benzene rings is 2. The Hall–Kier alpha value is -3.02. The molecule has 0 spiro atoms. The molecule has 3 aromatic rings. The number of anilines is 1. The molecule has 0 aliphatic heterocycles. The fourth-order valence-corrected chi connectivity index (χ4v) is 2.19. The van der Waals surface area contributed by atoms with E-state index < -0.39 is 0 Å². The van der Waals surface area contributed by atoms with Gasteiger partial charge in [0, 0.05) is 12.2 Å². The van der Waals surface area contributed by atoms with Crippen LogP contribution in [0.5, 0.6) is 5.75 Å². The molecular weight excluding hydrogens is 270 g/mol. The van der Waals surface area contributed by atoms with Crippen LogP contribution in [0.3, 0.4) is 0 Å². The molecule has 0 saturated heterocycles. The van der Waals surface area contributed by atoms with Crippen LogP contribution in [-0.2, 0) is 6.54 Å². The smallest absolute Gasteiger partial charge is 0.272 e. The lowest BCUT2D eigenvalue weighted by Gasteiger charge is -2.09. The molecule has 0 bridgehead atoms. The summed E-state index contributed by atoms with van der Waals surface area (Å²) in [5, 5.41) is 17.7. The van der Waals surface area contributed by atoms with Crippen LogP contribution in [0.1, 0.15) is 5.56 Å². The van der Waals surface area contributed by atoms with E-state index in [2.05, 4.69) is 15.5 Å². The van der Waals surface area contributed by atoms with Gasteiger partial charge in [-0.05, 0) is 29.8 Å². The Labute approximate surface area is 119 Å². The summed E-state index contributed by atoms with van der Waals surface area (Å²) in [6.07, 6.45) is 0. The van der Waals surface area contributed by atoms with E-state index in [4.69, 9.17) is 0 Å². The normalized spacial score (nSPS) is 10.7. The largest absolute Gasteiger partial charge is 0.508 e. The van der Waals surface area contributed by atoms with Gasteiger partial charge in [0.1, 0.15) is 5.75 Å². The molecule has 0 atom stereocenters. The van der Waals surface area contributed by atoms with E-state index in [-0.39, 0.29) is 16.9 Å². The van der Waals surface area contributed by atoms with Gasteiger partial charge in [0.25, 0.3) is 11.1 Å². The van der Waals surface area contributed by atoms with Gasteiger partial charge in [-0.1, -0.05) is 18.2 Å². The first kappa shape index (κ1) is 13.0. The molecule has 106 valence electrons. The lowest BCUT2D eigenvalue weighted by atomic mass is 10.1. The summed E-state index contributed by atoms with van der Waals surface area (Å²) in [6.45, 7) is 0.478. The number of aromatic nitrogens is 2. The number of nitrogens with one attached hydrogen (secondary N) is 3. The van der Waals surface area contributed by atoms with E-state index >= 15 is 0 Å². The number of H-pyrrole nitrogens is 2.